The summed E-state index contributed by atoms with van der Waals surface area (Å²) < 4.78 is 6.67. The second-order valence-corrected chi connectivity index (χ2v) is 10.4. The van der Waals surface area contributed by atoms with Crippen LogP contribution in [0.4, 0.5) is 0 Å². The van der Waals surface area contributed by atoms with Crippen LogP contribution < -0.4 is 4.74 Å². The molecule has 2 rings (SSSR count). The van der Waals surface area contributed by atoms with E-state index in [1.165, 1.54) is 63.1 Å². The molecule has 1 aromatic carbocycles. The molecule has 0 radical (unpaired) electrons. The Labute approximate surface area is 192 Å². The van der Waals surface area contributed by atoms with Crippen molar-refractivity contribution in [3.8, 4) is 5.75 Å². The van der Waals surface area contributed by atoms with Crippen LogP contribution in [0.1, 0.15) is 107 Å². The Morgan fingerprint density at radius 3 is 1.94 bits per heavy atom. The molecule has 172 valence electrons. The van der Waals surface area contributed by atoms with Gasteiger partial charge in [-0.15, -0.1) is 0 Å². The van der Waals surface area contributed by atoms with Gasteiger partial charge in [-0.2, -0.15) is 0 Å². The van der Waals surface area contributed by atoms with Gasteiger partial charge in [0, 0.05) is 0 Å². The summed E-state index contributed by atoms with van der Waals surface area (Å²) in [5.41, 5.74) is 11.4. The SMILES string of the molecule is CC(C)=CCC/C(C)=C/CC/C(C)=C/CCC1(C)CCc2c(C)c(C)c(C)c(C)c2O1. The molecule has 1 unspecified atom stereocenters. The third kappa shape index (κ3) is 7.13. The molecule has 1 aliphatic rings. The maximum atomic E-state index is 6.67. The average Bonchev–Trinajstić information content (AvgIpc) is 2.70. The average molecular weight is 423 g/mol. The zero-order valence-corrected chi connectivity index (χ0v) is 21.8. The van der Waals surface area contributed by atoms with Crippen LogP contribution >= 0.6 is 0 Å². The van der Waals surface area contributed by atoms with E-state index in [-0.39, 0.29) is 5.60 Å². The molecular weight excluding hydrogens is 376 g/mol. The molecule has 1 heteroatoms. The third-order valence-electron chi connectivity index (χ3n) is 7.30. The minimum absolute atomic E-state index is 0.0515. The normalized spacial score (nSPS) is 19.1. The minimum Gasteiger partial charge on any atom is -0.487 e. The lowest BCUT2D eigenvalue weighted by atomic mass is 9.83. The molecule has 0 saturated heterocycles. The van der Waals surface area contributed by atoms with Crippen LogP contribution in [-0.4, -0.2) is 5.60 Å². The van der Waals surface area contributed by atoms with E-state index in [9.17, 15) is 0 Å². The molecule has 0 spiro atoms. The molecule has 0 N–H and O–H groups in total. The minimum atomic E-state index is -0.0515. The Morgan fingerprint density at radius 1 is 0.774 bits per heavy atom. The van der Waals surface area contributed by atoms with E-state index in [0.29, 0.717) is 0 Å². The highest BCUT2D eigenvalue weighted by atomic mass is 16.5. The van der Waals surface area contributed by atoms with Gasteiger partial charge in [-0.25, -0.2) is 0 Å². The van der Waals surface area contributed by atoms with Gasteiger partial charge < -0.3 is 4.74 Å². The van der Waals surface area contributed by atoms with E-state index < -0.39 is 0 Å². The van der Waals surface area contributed by atoms with Gasteiger partial charge >= 0.3 is 0 Å². The molecule has 1 heterocycles. The molecule has 0 bridgehead atoms. The molecule has 1 atom stereocenters. The van der Waals surface area contributed by atoms with E-state index >= 15 is 0 Å². The number of hydrogen-bond acceptors (Lipinski definition) is 1. The van der Waals surface area contributed by atoms with E-state index in [1.807, 2.05) is 0 Å². The van der Waals surface area contributed by atoms with Crippen LogP contribution in [0.5, 0.6) is 5.75 Å². The standard InChI is InChI=1S/C30H46O/c1-21(2)13-10-14-22(3)15-11-16-23(4)17-12-19-30(9)20-18-28-26(7)24(5)25(6)27(8)29(28)31-30/h13,15,17H,10-12,14,16,18-20H2,1-9H3/b22-15+,23-17+. The third-order valence-corrected chi connectivity index (χ3v) is 7.30. The van der Waals surface area contributed by atoms with E-state index in [4.69, 9.17) is 4.74 Å². The topological polar surface area (TPSA) is 9.23 Å². The summed E-state index contributed by atoms with van der Waals surface area (Å²) >= 11 is 0. The van der Waals surface area contributed by atoms with Gasteiger partial charge in [-0.05, 0) is 141 Å². The fourth-order valence-corrected chi connectivity index (χ4v) is 4.62. The van der Waals surface area contributed by atoms with Gasteiger partial charge in [-0.1, -0.05) is 34.9 Å². The number of allylic oxidation sites excluding steroid dienone is 6. The van der Waals surface area contributed by atoms with Gasteiger partial charge in [0.15, 0.2) is 0 Å². The van der Waals surface area contributed by atoms with E-state index in [2.05, 4.69) is 80.5 Å². The molecule has 1 aliphatic heterocycles. The van der Waals surface area contributed by atoms with Crippen molar-refractivity contribution in [3.63, 3.8) is 0 Å². The zero-order valence-electron chi connectivity index (χ0n) is 21.8. The summed E-state index contributed by atoms with van der Waals surface area (Å²) in [6.45, 7) is 20.2. The number of benzene rings is 1. The van der Waals surface area contributed by atoms with Crippen molar-refractivity contribution in [2.75, 3.05) is 0 Å². The Morgan fingerprint density at radius 2 is 1.32 bits per heavy atom. The predicted octanol–water partition coefficient (Wildman–Crippen LogP) is 9.20. The first-order chi connectivity index (χ1) is 14.5. The van der Waals surface area contributed by atoms with Gasteiger partial charge in [0.05, 0.1) is 0 Å². The van der Waals surface area contributed by atoms with Gasteiger partial charge in [0.25, 0.3) is 0 Å². The molecule has 31 heavy (non-hydrogen) atoms. The summed E-state index contributed by atoms with van der Waals surface area (Å²) in [6, 6.07) is 0. The number of ether oxygens (including phenoxy) is 1. The Balaban J connectivity index is 1.88. The number of hydrogen-bond donors (Lipinski definition) is 0. The van der Waals surface area contributed by atoms with Crippen molar-refractivity contribution in [2.24, 2.45) is 0 Å². The molecule has 0 amide bonds. The van der Waals surface area contributed by atoms with Gasteiger partial charge in [-0.3, -0.25) is 0 Å². The number of rotatable bonds is 9. The second-order valence-electron chi connectivity index (χ2n) is 10.4. The Bertz CT molecular complexity index is 861. The van der Waals surface area contributed by atoms with Crippen LogP contribution in [-0.2, 0) is 6.42 Å². The van der Waals surface area contributed by atoms with Crippen molar-refractivity contribution in [2.45, 2.75) is 119 Å². The molecule has 0 fully saturated rings. The highest BCUT2D eigenvalue weighted by Crippen LogP contribution is 2.42. The lowest BCUT2D eigenvalue weighted by Gasteiger charge is -2.38. The van der Waals surface area contributed by atoms with Crippen LogP contribution in [0.15, 0.2) is 34.9 Å². The predicted molar refractivity (Wildman–Crippen MR) is 137 cm³/mol. The zero-order chi connectivity index (χ0) is 23.2. The van der Waals surface area contributed by atoms with E-state index in [0.717, 1.165) is 38.5 Å². The molecular formula is C30H46O. The highest BCUT2D eigenvalue weighted by molar-refractivity contribution is 5.55. The lowest BCUT2D eigenvalue weighted by Crippen LogP contribution is -2.37. The monoisotopic (exact) mass is 422 g/mol. The van der Waals surface area contributed by atoms with Crippen LogP contribution in [0, 0.1) is 27.7 Å². The first-order valence-electron chi connectivity index (χ1n) is 12.3. The second kappa shape index (κ2) is 11.2. The van der Waals surface area contributed by atoms with E-state index in [1.54, 1.807) is 0 Å². The van der Waals surface area contributed by atoms with Crippen molar-refractivity contribution in [3.05, 3.63) is 62.8 Å². The fourth-order valence-electron chi connectivity index (χ4n) is 4.62. The number of fused-ring (bicyclic) bond motifs is 1. The highest BCUT2D eigenvalue weighted by Gasteiger charge is 2.33. The molecule has 0 saturated carbocycles. The van der Waals surface area contributed by atoms with Gasteiger partial charge in [0.1, 0.15) is 11.4 Å². The maximum absolute atomic E-state index is 6.67. The Kier molecular flexibility index (Phi) is 9.22. The lowest BCUT2D eigenvalue weighted by molar-refractivity contribution is 0.0560. The van der Waals surface area contributed by atoms with Crippen LogP contribution in [0.25, 0.3) is 0 Å². The van der Waals surface area contributed by atoms with Crippen molar-refractivity contribution in [1.82, 2.24) is 0 Å². The smallest absolute Gasteiger partial charge is 0.126 e. The molecule has 1 aromatic rings. The molecule has 0 aliphatic carbocycles. The fraction of sp³-hybridized carbons (Fsp3) is 0.600. The van der Waals surface area contributed by atoms with Crippen molar-refractivity contribution in [1.29, 1.82) is 0 Å². The summed E-state index contributed by atoms with van der Waals surface area (Å²) in [7, 11) is 0. The van der Waals surface area contributed by atoms with Crippen LogP contribution in [0.2, 0.25) is 0 Å². The Hall–Kier alpha value is -1.76. The summed E-state index contributed by atoms with van der Waals surface area (Å²) in [6.07, 6.45) is 16.3. The molecule has 1 nitrogen and oxygen atoms in total. The molecule has 0 aromatic heterocycles. The maximum Gasteiger partial charge on any atom is 0.126 e. The largest absolute Gasteiger partial charge is 0.487 e. The summed E-state index contributed by atoms with van der Waals surface area (Å²) in [5.74, 6) is 1.17. The van der Waals surface area contributed by atoms with Crippen molar-refractivity contribution >= 4 is 0 Å². The first kappa shape index (κ1) is 25.5. The van der Waals surface area contributed by atoms with Crippen LogP contribution in [0.3, 0.4) is 0 Å². The van der Waals surface area contributed by atoms with Gasteiger partial charge in [0.2, 0.25) is 0 Å². The quantitative estimate of drug-likeness (QED) is 0.360. The summed E-state index contributed by atoms with van der Waals surface area (Å²) in [4.78, 5) is 0. The summed E-state index contributed by atoms with van der Waals surface area (Å²) in [5, 5.41) is 0. The first-order valence-corrected chi connectivity index (χ1v) is 12.3. The van der Waals surface area contributed by atoms with Crippen molar-refractivity contribution < 1.29 is 4.74 Å².